The molecule has 266 valence electrons. The Balaban J connectivity index is 1.44. The zero-order valence-electron chi connectivity index (χ0n) is 27.7. The first-order chi connectivity index (χ1) is 24.5. The molecule has 12 heteroatoms. The third kappa shape index (κ3) is 10.3. The maximum absolute atomic E-state index is 14.4. The van der Waals surface area contributed by atoms with Crippen molar-refractivity contribution in [2.45, 2.75) is 37.6 Å². The van der Waals surface area contributed by atoms with Gasteiger partial charge in [0.1, 0.15) is 12.6 Å². The second-order valence-corrected chi connectivity index (χ2v) is 14.1. The van der Waals surface area contributed by atoms with Crippen LogP contribution in [0.1, 0.15) is 41.0 Å². The van der Waals surface area contributed by atoms with E-state index < -0.39 is 36.3 Å². The molecule has 1 aliphatic heterocycles. The molecule has 1 fully saturated rings. The molecule has 1 atom stereocenters. The highest BCUT2D eigenvalue weighted by atomic mass is 35.5. The van der Waals surface area contributed by atoms with Gasteiger partial charge in [-0.25, -0.2) is 0 Å². The summed E-state index contributed by atoms with van der Waals surface area (Å²) in [6.07, 6.45) is 0.752. The molecule has 1 aliphatic rings. The van der Waals surface area contributed by atoms with E-state index in [2.05, 4.69) is 0 Å². The van der Waals surface area contributed by atoms with Crippen LogP contribution in [-0.4, -0.2) is 82.3 Å². The van der Waals surface area contributed by atoms with Crippen molar-refractivity contribution in [3.8, 4) is 0 Å². The molecular formula is C39H37Cl4N3O5. The van der Waals surface area contributed by atoms with Crippen LogP contribution in [0.3, 0.4) is 0 Å². The molecule has 4 aromatic carbocycles. The van der Waals surface area contributed by atoms with E-state index in [1.807, 2.05) is 60.7 Å². The van der Waals surface area contributed by atoms with Crippen LogP contribution < -0.4 is 0 Å². The van der Waals surface area contributed by atoms with Crippen molar-refractivity contribution in [1.82, 2.24) is 14.7 Å². The van der Waals surface area contributed by atoms with E-state index in [-0.39, 0.29) is 44.9 Å². The highest BCUT2D eigenvalue weighted by Crippen LogP contribution is 2.30. The van der Waals surface area contributed by atoms with Crippen LogP contribution in [0.25, 0.3) is 0 Å². The molecule has 5 rings (SSSR count). The zero-order chi connectivity index (χ0) is 36.5. The minimum Gasteiger partial charge on any atom is -0.480 e. The van der Waals surface area contributed by atoms with E-state index >= 15 is 0 Å². The summed E-state index contributed by atoms with van der Waals surface area (Å²) < 4.78 is 0. The van der Waals surface area contributed by atoms with Gasteiger partial charge in [-0.05, 0) is 65.8 Å². The zero-order valence-corrected chi connectivity index (χ0v) is 30.7. The van der Waals surface area contributed by atoms with Crippen LogP contribution in [0, 0.1) is 0 Å². The first-order valence-electron chi connectivity index (χ1n) is 16.6. The molecule has 1 N–H and O–H groups in total. The summed E-state index contributed by atoms with van der Waals surface area (Å²) in [7, 11) is 0. The Morgan fingerprint density at radius 2 is 1.29 bits per heavy atom. The van der Waals surface area contributed by atoms with E-state index in [1.54, 1.807) is 36.4 Å². The van der Waals surface area contributed by atoms with Crippen molar-refractivity contribution in [3.63, 3.8) is 0 Å². The summed E-state index contributed by atoms with van der Waals surface area (Å²) >= 11 is 24.9. The number of benzene rings is 4. The van der Waals surface area contributed by atoms with Gasteiger partial charge in [0, 0.05) is 45.6 Å². The maximum Gasteiger partial charge on any atom is 0.323 e. The van der Waals surface area contributed by atoms with E-state index in [0.29, 0.717) is 38.5 Å². The van der Waals surface area contributed by atoms with E-state index in [1.165, 1.54) is 14.7 Å². The molecule has 0 saturated carbocycles. The molecule has 8 nitrogen and oxygen atoms in total. The first kappa shape index (κ1) is 38.2. The lowest BCUT2D eigenvalue weighted by Gasteiger charge is -2.33. The Kier molecular flexibility index (Phi) is 13.4. The van der Waals surface area contributed by atoms with Gasteiger partial charge in [0.25, 0.3) is 0 Å². The van der Waals surface area contributed by atoms with Gasteiger partial charge in [0.2, 0.25) is 17.7 Å². The summed E-state index contributed by atoms with van der Waals surface area (Å²) in [5, 5.41) is 11.6. The highest BCUT2D eigenvalue weighted by molar-refractivity contribution is 6.35. The van der Waals surface area contributed by atoms with E-state index in [0.717, 1.165) is 16.7 Å². The van der Waals surface area contributed by atoms with Crippen LogP contribution in [0.5, 0.6) is 0 Å². The molecule has 0 aliphatic carbocycles. The number of carboxylic acid groups (broad SMARTS) is 1. The Hall–Kier alpha value is -4.08. The summed E-state index contributed by atoms with van der Waals surface area (Å²) in [6, 6.07) is 28.6. The fourth-order valence-electron chi connectivity index (χ4n) is 6.39. The molecule has 51 heavy (non-hydrogen) atoms. The van der Waals surface area contributed by atoms with Crippen LogP contribution >= 0.6 is 46.4 Å². The van der Waals surface area contributed by atoms with Gasteiger partial charge >= 0.3 is 5.97 Å². The van der Waals surface area contributed by atoms with Crippen LogP contribution in [-0.2, 0) is 32.0 Å². The Labute approximate surface area is 317 Å². The number of nitrogens with zero attached hydrogens (tertiary/aromatic N) is 3. The predicted octanol–water partition coefficient (Wildman–Crippen LogP) is 7.65. The van der Waals surface area contributed by atoms with Crippen molar-refractivity contribution in [1.29, 1.82) is 0 Å². The number of aliphatic carboxylic acids is 1. The van der Waals surface area contributed by atoms with Crippen molar-refractivity contribution in [2.24, 2.45) is 0 Å². The number of carboxylic acids is 1. The Morgan fingerprint density at radius 3 is 1.82 bits per heavy atom. The molecule has 1 saturated heterocycles. The van der Waals surface area contributed by atoms with Gasteiger partial charge in [-0.15, -0.1) is 0 Å². The van der Waals surface area contributed by atoms with Gasteiger partial charge in [0.15, 0.2) is 0 Å². The van der Waals surface area contributed by atoms with Crippen LogP contribution in [0.4, 0.5) is 0 Å². The largest absolute Gasteiger partial charge is 0.480 e. The summed E-state index contributed by atoms with van der Waals surface area (Å²) in [5.74, 6) is -2.76. The number of halogens is 4. The predicted molar refractivity (Wildman–Crippen MR) is 201 cm³/mol. The first-order valence-corrected chi connectivity index (χ1v) is 18.1. The standard InChI is InChI=1S/C39H37Cl4N3O5/c40-30-13-11-28(33(42)21-30)15-18-44-24-37(48)46(20-17-32(26-7-3-1-4-8-26)27-9-5-2-6-10-27)35(23-36(44)47)39(51)45(25-38(49)50)19-16-29-12-14-31(41)22-34(29)43/h1-14,21-22,32,35H,15-20,23-25H2,(H,49,50). The molecule has 4 aromatic rings. The van der Waals surface area contributed by atoms with Gasteiger partial charge in [-0.1, -0.05) is 119 Å². The molecule has 3 amide bonds. The van der Waals surface area contributed by atoms with Gasteiger partial charge < -0.3 is 19.8 Å². The second-order valence-electron chi connectivity index (χ2n) is 12.4. The third-order valence-electron chi connectivity index (χ3n) is 9.06. The smallest absolute Gasteiger partial charge is 0.323 e. The van der Waals surface area contributed by atoms with Gasteiger partial charge in [0.05, 0.1) is 13.0 Å². The maximum atomic E-state index is 14.4. The van der Waals surface area contributed by atoms with E-state index in [4.69, 9.17) is 46.4 Å². The lowest BCUT2D eigenvalue weighted by Crippen LogP contribution is -2.53. The fourth-order valence-corrected chi connectivity index (χ4v) is 7.40. The molecule has 0 aromatic heterocycles. The summed E-state index contributed by atoms with van der Waals surface area (Å²) in [5.41, 5.74) is 3.52. The Bertz CT molecular complexity index is 1820. The van der Waals surface area contributed by atoms with E-state index in [9.17, 15) is 24.3 Å². The minimum atomic E-state index is -1.22. The number of carbonyl (C=O) groups excluding carboxylic acids is 3. The lowest BCUT2D eigenvalue weighted by molar-refractivity contribution is -0.150. The third-order valence-corrected chi connectivity index (χ3v) is 10.2. The van der Waals surface area contributed by atoms with Crippen LogP contribution in [0.15, 0.2) is 97.1 Å². The molecule has 0 spiro atoms. The second kappa shape index (κ2) is 17.9. The molecule has 1 heterocycles. The Morgan fingerprint density at radius 1 is 0.745 bits per heavy atom. The van der Waals surface area contributed by atoms with Crippen molar-refractivity contribution >= 4 is 70.1 Å². The summed E-state index contributed by atoms with van der Waals surface area (Å²) in [4.78, 5) is 58.5. The molecule has 0 bridgehead atoms. The lowest BCUT2D eigenvalue weighted by atomic mass is 9.88. The number of amides is 3. The highest BCUT2D eigenvalue weighted by Gasteiger charge is 2.40. The SMILES string of the molecule is O=C(O)CN(CCc1ccc(Cl)cc1Cl)C(=O)C1CC(=O)N(CCc2ccc(Cl)cc2Cl)CC(=O)N1CCC(c1ccccc1)c1ccccc1. The minimum absolute atomic E-state index is 0.00531. The molecule has 0 radical (unpaired) electrons. The van der Waals surface area contributed by atoms with Crippen LogP contribution in [0.2, 0.25) is 20.1 Å². The number of hydrogen-bond acceptors (Lipinski definition) is 4. The fraction of sp³-hybridized carbons (Fsp3) is 0.282. The van der Waals surface area contributed by atoms with Crippen molar-refractivity contribution < 1.29 is 24.3 Å². The topological polar surface area (TPSA) is 98.2 Å². The number of hydrogen-bond donors (Lipinski definition) is 1. The summed E-state index contributed by atoms with van der Waals surface area (Å²) in [6.45, 7) is -0.529. The van der Waals surface area contributed by atoms with Gasteiger partial charge in [-0.3, -0.25) is 19.2 Å². The normalized spacial score (nSPS) is 14.9. The number of carbonyl (C=O) groups is 4. The molecular weight excluding hydrogens is 732 g/mol. The quantitative estimate of drug-likeness (QED) is 0.142. The van der Waals surface area contributed by atoms with Crippen molar-refractivity contribution in [3.05, 3.63) is 139 Å². The average Bonchev–Trinajstić information content (AvgIpc) is 3.22. The monoisotopic (exact) mass is 767 g/mol. The van der Waals surface area contributed by atoms with Crippen molar-refractivity contribution in [2.75, 3.05) is 32.7 Å². The number of rotatable bonds is 14. The molecule has 1 unspecified atom stereocenters. The van der Waals surface area contributed by atoms with Gasteiger partial charge in [-0.2, -0.15) is 0 Å². The average molecular weight is 770 g/mol.